The highest BCUT2D eigenvalue weighted by Crippen LogP contribution is 2.53. The number of hydrogen-bond acceptors (Lipinski definition) is 5. The molecule has 5 rings (SSSR count). The predicted molar refractivity (Wildman–Crippen MR) is 125 cm³/mol. The summed E-state index contributed by atoms with van der Waals surface area (Å²) >= 11 is 0. The second-order valence-corrected chi connectivity index (χ2v) is 9.32. The van der Waals surface area contributed by atoms with E-state index in [9.17, 15) is 19.2 Å². The minimum atomic E-state index is -1.35. The van der Waals surface area contributed by atoms with Crippen molar-refractivity contribution in [3.8, 4) is 0 Å². The van der Waals surface area contributed by atoms with E-state index < -0.39 is 29.3 Å². The molecular formula is C26H28N4O4. The van der Waals surface area contributed by atoms with Crippen molar-refractivity contribution in [2.75, 3.05) is 11.9 Å². The zero-order valence-electron chi connectivity index (χ0n) is 19.0. The molecule has 0 radical (unpaired) electrons. The number of likely N-dealkylation sites (tertiary alicyclic amines) is 1. The van der Waals surface area contributed by atoms with Gasteiger partial charge in [-0.15, -0.1) is 0 Å². The van der Waals surface area contributed by atoms with Crippen LogP contribution in [0, 0.1) is 11.8 Å². The molecule has 0 aromatic heterocycles. The minimum Gasteiger partial charge on any atom is -0.370 e. The summed E-state index contributed by atoms with van der Waals surface area (Å²) in [5, 5.41) is 6.26. The van der Waals surface area contributed by atoms with Gasteiger partial charge in [-0.05, 0) is 36.5 Å². The predicted octanol–water partition coefficient (Wildman–Crippen LogP) is 1.48. The number of carbonyl (C=O) groups is 4. The number of imide groups is 1. The number of fused-ring (bicyclic) bond motifs is 4. The van der Waals surface area contributed by atoms with Gasteiger partial charge in [0.25, 0.3) is 0 Å². The molecule has 2 fully saturated rings. The second-order valence-electron chi connectivity index (χ2n) is 9.32. The standard InChI is InChI=1S/C26H28N4O4/c1-2-15-8-9-18-17(14-15)26(25(34)28-18)22-21(19(29-26)10-11-20(27)31)23(32)30(24(22)33)13-12-16-6-4-3-5-7-16/h3-9,14,19,21-22,29H,2,10-13H2,1H3,(H2,27,31)(H,28,34)/t19-,21-,22+,26+/m1/s1. The molecule has 0 aliphatic carbocycles. The van der Waals surface area contributed by atoms with Gasteiger partial charge in [-0.25, -0.2) is 0 Å². The summed E-state index contributed by atoms with van der Waals surface area (Å²) in [4.78, 5) is 53.6. The smallest absolute Gasteiger partial charge is 0.250 e. The first kappa shape index (κ1) is 22.3. The van der Waals surface area contributed by atoms with E-state index in [0.29, 0.717) is 17.7 Å². The van der Waals surface area contributed by atoms with Gasteiger partial charge in [0.1, 0.15) is 5.54 Å². The van der Waals surface area contributed by atoms with Crippen LogP contribution in [0.1, 0.15) is 36.5 Å². The van der Waals surface area contributed by atoms with Crippen molar-refractivity contribution in [1.29, 1.82) is 0 Å². The van der Waals surface area contributed by atoms with E-state index in [1.165, 1.54) is 4.90 Å². The van der Waals surface area contributed by atoms with Crippen LogP contribution in [0.3, 0.4) is 0 Å². The van der Waals surface area contributed by atoms with Crippen molar-refractivity contribution in [2.45, 2.75) is 44.2 Å². The van der Waals surface area contributed by atoms with E-state index in [-0.39, 0.29) is 37.1 Å². The molecule has 8 heteroatoms. The Balaban J connectivity index is 1.54. The number of anilines is 1. The second kappa shape index (κ2) is 8.36. The largest absolute Gasteiger partial charge is 0.370 e. The molecule has 0 bridgehead atoms. The highest BCUT2D eigenvalue weighted by atomic mass is 16.2. The van der Waals surface area contributed by atoms with Gasteiger partial charge in [0, 0.05) is 30.3 Å². The molecule has 4 amide bonds. The highest BCUT2D eigenvalue weighted by Gasteiger charge is 2.70. The zero-order chi connectivity index (χ0) is 24.0. The molecule has 2 aromatic carbocycles. The van der Waals surface area contributed by atoms with Crippen LogP contribution in [0.5, 0.6) is 0 Å². The maximum atomic E-state index is 13.8. The number of benzene rings is 2. The normalized spacial score (nSPS) is 27.3. The lowest BCUT2D eigenvalue weighted by molar-refractivity contribution is -0.142. The van der Waals surface area contributed by atoms with E-state index in [2.05, 4.69) is 10.6 Å². The van der Waals surface area contributed by atoms with Crippen molar-refractivity contribution in [3.05, 3.63) is 65.2 Å². The molecule has 176 valence electrons. The Kier molecular flexibility index (Phi) is 5.48. The van der Waals surface area contributed by atoms with Gasteiger partial charge in [0.05, 0.1) is 11.8 Å². The maximum absolute atomic E-state index is 13.8. The van der Waals surface area contributed by atoms with Crippen LogP contribution in [0.25, 0.3) is 0 Å². The number of amides is 4. The molecule has 2 saturated heterocycles. The zero-order valence-corrected chi connectivity index (χ0v) is 19.0. The van der Waals surface area contributed by atoms with Crippen molar-refractivity contribution in [1.82, 2.24) is 10.2 Å². The van der Waals surface area contributed by atoms with Gasteiger partial charge in [-0.3, -0.25) is 29.4 Å². The van der Waals surface area contributed by atoms with Crippen LogP contribution in [0.15, 0.2) is 48.5 Å². The SMILES string of the molecule is CCc1ccc2c(c1)[C@@]1(N[C@H](CCC(N)=O)[C@H]3C(=O)N(CCc4ccccc4)C(=O)[C@H]31)C(=O)N2. The number of primary amides is 1. The monoisotopic (exact) mass is 460 g/mol. The lowest BCUT2D eigenvalue weighted by Gasteiger charge is -2.29. The number of nitrogens with two attached hydrogens (primary N) is 1. The number of nitrogens with one attached hydrogen (secondary N) is 2. The van der Waals surface area contributed by atoms with Gasteiger partial charge >= 0.3 is 0 Å². The Morgan fingerprint density at radius 3 is 2.53 bits per heavy atom. The molecule has 1 spiro atoms. The summed E-state index contributed by atoms with van der Waals surface area (Å²) in [6.45, 7) is 2.27. The molecule has 34 heavy (non-hydrogen) atoms. The Morgan fingerprint density at radius 2 is 1.82 bits per heavy atom. The lowest BCUT2D eigenvalue weighted by atomic mass is 9.76. The van der Waals surface area contributed by atoms with Crippen molar-refractivity contribution in [3.63, 3.8) is 0 Å². The summed E-state index contributed by atoms with van der Waals surface area (Å²) in [5.74, 6) is -3.06. The van der Waals surface area contributed by atoms with E-state index >= 15 is 0 Å². The third kappa shape index (κ3) is 3.32. The highest BCUT2D eigenvalue weighted by molar-refractivity contribution is 6.15. The van der Waals surface area contributed by atoms with E-state index in [1.54, 1.807) is 0 Å². The molecule has 3 aliphatic heterocycles. The third-order valence-electron chi connectivity index (χ3n) is 7.45. The van der Waals surface area contributed by atoms with Crippen LogP contribution >= 0.6 is 0 Å². The average Bonchev–Trinajstić information content (AvgIpc) is 3.41. The van der Waals surface area contributed by atoms with Gasteiger partial charge in [-0.2, -0.15) is 0 Å². The quantitative estimate of drug-likeness (QED) is 0.541. The number of nitrogens with zero attached hydrogens (tertiary/aromatic N) is 1. The summed E-state index contributed by atoms with van der Waals surface area (Å²) < 4.78 is 0. The molecule has 8 nitrogen and oxygen atoms in total. The number of rotatable bonds is 7. The van der Waals surface area contributed by atoms with Crippen molar-refractivity contribution in [2.24, 2.45) is 17.6 Å². The Labute approximate surface area is 197 Å². The summed E-state index contributed by atoms with van der Waals surface area (Å²) in [5.41, 5.74) is 7.44. The molecule has 2 aromatic rings. The first-order valence-electron chi connectivity index (χ1n) is 11.8. The maximum Gasteiger partial charge on any atom is 0.250 e. The summed E-state index contributed by atoms with van der Waals surface area (Å²) in [6.07, 6.45) is 1.64. The molecule has 0 saturated carbocycles. The number of hydrogen-bond donors (Lipinski definition) is 3. The first-order valence-corrected chi connectivity index (χ1v) is 11.8. The molecule has 3 aliphatic rings. The van der Waals surface area contributed by atoms with Crippen LogP contribution in [0.4, 0.5) is 5.69 Å². The molecular weight excluding hydrogens is 432 g/mol. The fourth-order valence-corrected chi connectivity index (χ4v) is 5.78. The van der Waals surface area contributed by atoms with Crippen LogP contribution in [-0.2, 0) is 37.6 Å². The van der Waals surface area contributed by atoms with Gasteiger partial charge < -0.3 is 11.1 Å². The number of aryl methyl sites for hydroxylation is 1. The average molecular weight is 461 g/mol. The molecule has 0 unspecified atom stereocenters. The van der Waals surface area contributed by atoms with Crippen molar-refractivity contribution >= 4 is 29.3 Å². The fourth-order valence-electron chi connectivity index (χ4n) is 5.78. The molecule has 4 atom stereocenters. The third-order valence-corrected chi connectivity index (χ3v) is 7.45. The van der Waals surface area contributed by atoms with E-state index in [1.807, 2.05) is 55.5 Å². The fraction of sp³-hybridized carbons (Fsp3) is 0.385. The van der Waals surface area contributed by atoms with E-state index in [0.717, 1.165) is 17.5 Å². The molecule has 4 N–H and O–H groups in total. The minimum absolute atomic E-state index is 0.0614. The Bertz CT molecular complexity index is 1180. The van der Waals surface area contributed by atoms with Crippen molar-refractivity contribution < 1.29 is 19.2 Å². The van der Waals surface area contributed by atoms with Gasteiger partial charge in [0.2, 0.25) is 23.6 Å². The Morgan fingerprint density at radius 1 is 1.06 bits per heavy atom. The summed E-state index contributed by atoms with van der Waals surface area (Å²) in [7, 11) is 0. The van der Waals surface area contributed by atoms with Gasteiger partial charge in [0.15, 0.2) is 0 Å². The van der Waals surface area contributed by atoms with Crippen LogP contribution in [-0.4, -0.2) is 41.1 Å². The van der Waals surface area contributed by atoms with Gasteiger partial charge in [-0.1, -0.05) is 49.4 Å². The van der Waals surface area contributed by atoms with Crippen LogP contribution < -0.4 is 16.4 Å². The first-order chi connectivity index (χ1) is 16.4. The topological polar surface area (TPSA) is 122 Å². The van der Waals surface area contributed by atoms with Crippen LogP contribution in [0.2, 0.25) is 0 Å². The van der Waals surface area contributed by atoms with E-state index in [4.69, 9.17) is 5.73 Å². The summed E-state index contributed by atoms with van der Waals surface area (Å²) in [6, 6.07) is 14.9. The lowest BCUT2D eigenvalue weighted by Crippen LogP contribution is -2.53. The number of carbonyl (C=O) groups excluding carboxylic acids is 4. The molecule has 3 heterocycles. The Hall–Kier alpha value is -3.52.